The smallest absolute Gasteiger partial charge is 0.243 e. The Balaban J connectivity index is 1.48. The minimum Gasteiger partial charge on any atom is -0.299 e. The number of nitrogens with zero attached hydrogens (tertiary/aromatic N) is 2. The molecule has 0 spiro atoms. The monoisotopic (exact) mass is 370 g/mol. The van der Waals surface area contributed by atoms with Gasteiger partial charge in [0.05, 0.1) is 4.90 Å². The molecule has 0 aliphatic carbocycles. The van der Waals surface area contributed by atoms with E-state index in [-0.39, 0.29) is 0 Å². The topological polar surface area (TPSA) is 40.6 Å². The Morgan fingerprint density at radius 3 is 2.23 bits per heavy atom. The Bertz CT molecular complexity index is 856. The van der Waals surface area contributed by atoms with Crippen LogP contribution in [0.15, 0.2) is 53.4 Å². The number of benzene rings is 2. The first kappa shape index (κ1) is 17.7. The van der Waals surface area contributed by atoms with Crippen molar-refractivity contribution in [3.8, 4) is 0 Å². The maximum absolute atomic E-state index is 13.0. The Hall–Kier alpha value is -1.69. The number of fused-ring (bicyclic) bond motifs is 1. The second kappa shape index (κ2) is 7.51. The van der Waals surface area contributed by atoms with Crippen molar-refractivity contribution in [2.75, 3.05) is 19.6 Å². The molecule has 4 rings (SSSR count). The van der Waals surface area contributed by atoms with Crippen LogP contribution in [0.25, 0.3) is 0 Å². The standard InChI is InChI=1S/C21H26N2O2S/c24-26(25,23-15-12-19-6-2-3-7-20(19)17-23)21-10-8-18(9-11-21)16-22-13-4-1-5-14-22/h2-3,6-11H,1,4-5,12-17H2. The van der Waals surface area contributed by atoms with Crippen LogP contribution in [0.3, 0.4) is 0 Å². The molecule has 0 saturated carbocycles. The molecular formula is C21H26N2O2S. The molecule has 5 heteroatoms. The number of likely N-dealkylation sites (tertiary alicyclic amines) is 1. The molecule has 2 aliphatic heterocycles. The van der Waals surface area contributed by atoms with E-state index in [1.165, 1.54) is 30.4 Å². The van der Waals surface area contributed by atoms with Gasteiger partial charge in [0.15, 0.2) is 0 Å². The fourth-order valence-corrected chi connectivity index (χ4v) is 5.39. The lowest BCUT2D eigenvalue weighted by atomic mass is 10.0. The molecule has 1 saturated heterocycles. The highest BCUT2D eigenvalue weighted by molar-refractivity contribution is 7.89. The van der Waals surface area contributed by atoms with Gasteiger partial charge < -0.3 is 0 Å². The molecule has 2 aromatic carbocycles. The SMILES string of the molecule is O=S(=O)(c1ccc(CN2CCCCC2)cc1)N1CCc2ccccc2C1. The van der Waals surface area contributed by atoms with Gasteiger partial charge in [0.25, 0.3) is 0 Å². The average Bonchev–Trinajstić information content (AvgIpc) is 2.69. The number of rotatable bonds is 4. The molecule has 1 fully saturated rings. The van der Waals surface area contributed by atoms with Crippen LogP contribution in [-0.2, 0) is 29.5 Å². The van der Waals surface area contributed by atoms with Crippen molar-refractivity contribution in [1.82, 2.24) is 9.21 Å². The summed E-state index contributed by atoms with van der Waals surface area (Å²) in [5.41, 5.74) is 3.56. The van der Waals surface area contributed by atoms with Crippen LogP contribution in [0, 0.1) is 0 Å². The second-order valence-corrected chi connectivity index (χ2v) is 9.28. The van der Waals surface area contributed by atoms with Gasteiger partial charge in [0.1, 0.15) is 0 Å². The van der Waals surface area contributed by atoms with E-state index in [1.54, 1.807) is 16.4 Å². The molecule has 2 aromatic rings. The highest BCUT2D eigenvalue weighted by Gasteiger charge is 2.28. The molecule has 0 atom stereocenters. The number of sulfonamides is 1. The van der Waals surface area contributed by atoms with Crippen LogP contribution < -0.4 is 0 Å². The predicted molar refractivity (Wildman–Crippen MR) is 103 cm³/mol. The van der Waals surface area contributed by atoms with E-state index in [0.717, 1.165) is 31.6 Å². The molecule has 138 valence electrons. The molecule has 0 bridgehead atoms. The zero-order valence-corrected chi connectivity index (χ0v) is 15.9. The minimum absolute atomic E-state index is 0.402. The maximum atomic E-state index is 13.0. The average molecular weight is 371 g/mol. The van der Waals surface area contributed by atoms with E-state index in [4.69, 9.17) is 0 Å². The second-order valence-electron chi connectivity index (χ2n) is 7.34. The van der Waals surface area contributed by atoms with Gasteiger partial charge in [0, 0.05) is 19.6 Å². The normalized spacial score (nSPS) is 19.2. The number of piperidine rings is 1. The zero-order valence-electron chi connectivity index (χ0n) is 15.1. The Morgan fingerprint density at radius 1 is 0.808 bits per heavy atom. The summed E-state index contributed by atoms with van der Waals surface area (Å²) in [5.74, 6) is 0. The molecule has 2 heterocycles. The summed E-state index contributed by atoms with van der Waals surface area (Å²) in [7, 11) is -3.43. The first-order valence-corrected chi connectivity index (χ1v) is 11.0. The predicted octanol–water partition coefficient (Wildman–Crippen LogP) is 3.42. The highest BCUT2D eigenvalue weighted by atomic mass is 32.2. The first-order valence-electron chi connectivity index (χ1n) is 9.51. The Morgan fingerprint density at radius 2 is 1.50 bits per heavy atom. The van der Waals surface area contributed by atoms with Gasteiger partial charge in [-0.2, -0.15) is 4.31 Å². The van der Waals surface area contributed by atoms with Gasteiger partial charge in [0.2, 0.25) is 10.0 Å². The van der Waals surface area contributed by atoms with E-state index >= 15 is 0 Å². The third kappa shape index (κ3) is 3.70. The summed E-state index contributed by atoms with van der Waals surface area (Å²) in [6.07, 6.45) is 4.64. The molecule has 4 nitrogen and oxygen atoms in total. The summed E-state index contributed by atoms with van der Waals surface area (Å²) < 4.78 is 27.6. The third-order valence-corrected chi connectivity index (χ3v) is 7.37. The third-order valence-electron chi connectivity index (χ3n) is 5.51. The van der Waals surface area contributed by atoms with Crippen molar-refractivity contribution < 1.29 is 8.42 Å². The van der Waals surface area contributed by atoms with Crippen molar-refractivity contribution in [2.24, 2.45) is 0 Å². The lowest BCUT2D eigenvalue weighted by molar-refractivity contribution is 0.221. The van der Waals surface area contributed by atoms with Crippen molar-refractivity contribution >= 4 is 10.0 Å². The quantitative estimate of drug-likeness (QED) is 0.828. The van der Waals surface area contributed by atoms with Crippen LogP contribution in [0.5, 0.6) is 0 Å². The summed E-state index contributed by atoms with van der Waals surface area (Å²) >= 11 is 0. The van der Waals surface area contributed by atoms with Crippen LogP contribution in [0.1, 0.15) is 36.0 Å². The largest absolute Gasteiger partial charge is 0.299 e. The molecule has 26 heavy (non-hydrogen) atoms. The van der Waals surface area contributed by atoms with E-state index in [9.17, 15) is 8.42 Å². The van der Waals surface area contributed by atoms with Crippen molar-refractivity contribution in [3.05, 3.63) is 65.2 Å². The molecule has 0 aromatic heterocycles. The van der Waals surface area contributed by atoms with Crippen LogP contribution in [0.4, 0.5) is 0 Å². The molecule has 0 amide bonds. The van der Waals surface area contributed by atoms with Gasteiger partial charge in [-0.15, -0.1) is 0 Å². The first-order chi connectivity index (χ1) is 12.6. The zero-order chi connectivity index (χ0) is 18.0. The Kier molecular flexibility index (Phi) is 5.11. The van der Waals surface area contributed by atoms with Gasteiger partial charge >= 0.3 is 0 Å². The minimum atomic E-state index is -3.43. The number of hydrogen-bond donors (Lipinski definition) is 0. The van der Waals surface area contributed by atoms with E-state index in [2.05, 4.69) is 11.0 Å². The summed E-state index contributed by atoms with van der Waals surface area (Å²) in [6.45, 7) is 4.22. The number of hydrogen-bond acceptors (Lipinski definition) is 3. The molecule has 2 aliphatic rings. The van der Waals surface area contributed by atoms with E-state index in [0.29, 0.717) is 18.0 Å². The summed E-state index contributed by atoms with van der Waals surface area (Å²) in [4.78, 5) is 2.86. The summed E-state index contributed by atoms with van der Waals surface area (Å²) in [6, 6.07) is 15.6. The molecule has 0 radical (unpaired) electrons. The van der Waals surface area contributed by atoms with Crippen molar-refractivity contribution in [3.63, 3.8) is 0 Å². The van der Waals surface area contributed by atoms with Crippen LogP contribution >= 0.6 is 0 Å². The fraction of sp³-hybridized carbons (Fsp3) is 0.429. The van der Waals surface area contributed by atoms with Crippen molar-refractivity contribution in [1.29, 1.82) is 0 Å². The van der Waals surface area contributed by atoms with E-state index in [1.807, 2.05) is 30.3 Å². The van der Waals surface area contributed by atoms with Crippen LogP contribution in [-0.4, -0.2) is 37.3 Å². The Labute approximate surface area is 156 Å². The van der Waals surface area contributed by atoms with Gasteiger partial charge in [-0.25, -0.2) is 8.42 Å². The molecular weight excluding hydrogens is 344 g/mol. The lowest BCUT2D eigenvalue weighted by Gasteiger charge is -2.28. The molecule has 0 unspecified atom stereocenters. The van der Waals surface area contributed by atoms with Gasteiger partial charge in [-0.1, -0.05) is 42.8 Å². The van der Waals surface area contributed by atoms with Gasteiger partial charge in [-0.3, -0.25) is 4.90 Å². The lowest BCUT2D eigenvalue weighted by Crippen LogP contribution is -2.35. The van der Waals surface area contributed by atoms with Gasteiger partial charge in [-0.05, 0) is 61.2 Å². The summed E-state index contributed by atoms with van der Waals surface area (Å²) in [5, 5.41) is 0. The highest BCUT2D eigenvalue weighted by Crippen LogP contribution is 2.25. The van der Waals surface area contributed by atoms with Crippen molar-refractivity contribution in [2.45, 2.75) is 43.7 Å². The maximum Gasteiger partial charge on any atom is 0.243 e. The van der Waals surface area contributed by atoms with E-state index < -0.39 is 10.0 Å². The molecule has 0 N–H and O–H groups in total. The fourth-order valence-electron chi connectivity index (χ4n) is 3.97. The van der Waals surface area contributed by atoms with Crippen LogP contribution in [0.2, 0.25) is 0 Å².